The highest BCUT2D eigenvalue weighted by Crippen LogP contribution is 2.69. The van der Waals surface area contributed by atoms with Crippen molar-refractivity contribution in [2.75, 3.05) is 0 Å². The molecule has 92 valence electrons. The lowest BCUT2D eigenvalue weighted by Crippen LogP contribution is -2.31. The molecule has 0 saturated heterocycles. The zero-order valence-electron chi connectivity index (χ0n) is 9.66. The first-order valence-corrected chi connectivity index (χ1v) is 7.83. The maximum absolute atomic E-state index is 6.62. The number of fused-ring (bicyclic) bond motifs is 1. The second kappa shape index (κ2) is 4.36. The summed E-state index contributed by atoms with van der Waals surface area (Å²) in [5.74, 6) is 0.713. The van der Waals surface area contributed by atoms with Gasteiger partial charge in [-0.3, -0.25) is 0 Å². The van der Waals surface area contributed by atoms with Crippen LogP contribution in [0.1, 0.15) is 32.1 Å². The second-order valence-corrected chi connectivity index (χ2v) is 8.04. The van der Waals surface area contributed by atoms with Crippen LogP contribution in [0.4, 0.5) is 0 Å². The van der Waals surface area contributed by atoms with Gasteiger partial charge < -0.3 is 0 Å². The summed E-state index contributed by atoms with van der Waals surface area (Å²) in [4.78, 5) is 1.29. The van der Waals surface area contributed by atoms with E-state index in [1.165, 1.54) is 30.6 Å². The number of thioether (sulfide) groups is 1. The standard InChI is InChI=1S/C14H16Cl2S/c15-14(16)9-5-4-6-11-10-13(11,14)17-12-7-2-1-3-8-12/h1-3,7-8,11H,4-6,9-10H2. The van der Waals surface area contributed by atoms with E-state index < -0.39 is 4.33 Å². The van der Waals surface area contributed by atoms with Crippen LogP contribution >= 0.6 is 35.0 Å². The number of alkyl halides is 2. The van der Waals surface area contributed by atoms with Gasteiger partial charge in [0.15, 0.2) is 0 Å². The predicted molar refractivity (Wildman–Crippen MR) is 76.0 cm³/mol. The molecule has 1 aromatic carbocycles. The van der Waals surface area contributed by atoms with Gasteiger partial charge in [-0.2, -0.15) is 0 Å². The minimum absolute atomic E-state index is 0.0773. The zero-order valence-corrected chi connectivity index (χ0v) is 12.0. The van der Waals surface area contributed by atoms with Crippen LogP contribution in [0.2, 0.25) is 0 Å². The molecule has 0 nitrogen and oxygen atoms in total. The third-order valence-corrected chi connectivity index (χ3v) is 7.00. The fraction of sp³-hybridized carbons (Fsp3) is 0.571. The quantitative estimate of drug-likeness (QED) is 0.666. The molecule has 0 spiro atoms. The Labute approximate surface area is 117 Å². The van der Waals surface area contributed by atoms with Crippen LogP contribution in [-0.4, -0.2) is 9.08 Å². The highest BCUT2D eigenvalue weighted by Gasteiger charge is 2.66. The minimum Gasteiger partial charge on any atom is -0.116 e. The Hall–Kier alpha value is 0.150. The van der Waals surface area contributed by atoms with E-state index in [0.717, 1.165) is 6.42 Å². The zero-order chi connectivity index (χ0) is 11.9. The molecule has 0 N–H and O–H groups in total. The highest BCUT2D eigenvalue weighted by atomic mass is 35.5. The SMILES string of the molecule is ClC1(Cl)CCCCC2CC21Sc1ccccc1. The van der Waals surface area contributed by atoms with Crippen LogP contribution in [0.15, 0.2) is 35.2 Å². The smallest absolute Gasteiger partial charge is 0.116 e. The highest BCUT2D eigenvalue weighted by molar-refractivity contribution is 8.01. The van der Waals surface area contributed by atoms with Crippen molar-refractivity contribution in [3.05, 3.63) is 30.3 Å². The first-order chi connectivity index (χ1) is 8.14. The Balaban J connectivity index is 1.86. The third-order valence-electron chi connectivity index (χ3n) is 4.00. The van der Waals surface area contributed by atoms with Crippen molar-refractivity contribution in [1.82, 2.24) is 0 Å². The molecule has 0 amide bonds. The van der Waals surface area contributed by atoms with Crippen molar-refractivity contribution in [2.45, 2.75) is 46.1 Å². The van der Waals surface area contributed by atoms with Gasteiger partial charge in [0.25, 0.3) is 0 Å². The van der Waals surface area contributed by atoms with E-state index in [1.807, 2.05) is 17.8 Å². The summed E-state index contributed by atoms with van der Waals surface area (Å²) in [5.41, 5.74) is 0. The normalized spacial score (nSPS) is 34.8. The molecule has 0 aromatic heterocycles. The molecule has 17 heavy (non-hydrogen) atoms. The van der Waals surface area contributed by atoms with Gasteiger partial charge >= 0.3 is 0 Å². The second-order valence-electron chi connectivity index (χ2n) is 5.16. The Bertz CT molecular complexity index is 404. The number of halogens is 2. The van der Waals surface area contributed by atoms with Crippen LogP contribution in [0.25, 0.3) is 0 Å². The van der Waals surface area contributed by atoms with Crippen molar-refractivity contribution < 1.29 is 0 Å². The molecule has 0 aliphatic heterocycles. The van der Waals surface area contributed by atoms with Crippen LogP contribution in [0, 0.1) is 5.92 Å². The first kappa shape index (κ1) is 12.2. The van der Waals surface area contributed by atoms with E-state index in [-0.39, 0.29) is 4.75 Å². The summed E-state index contributed by atoms with van der Waals surface area (Å²) in [6.07, 6.45) is 5.86. The molecule has 0 radical (unpaired) electrons. The van der Waals surface area contributed by atoms with Gasteiger partial charge in [-0.05, 0) is 37.3 Å². The fourth-order valence-electron chi connectivity index (χ4n) is 2.94. The predicted octanol–water partition coefficient (Wildman–Crippen LogP) is 5.29. The van der Waals surface area contributed by atoms with Crippen LogP contribution in [0.5, 0.6) is 0 Å². The Kier molecular flexibility index (Phi) is 3.13. The first-order valence-electron chi connectivity index (χ1n) is 6.26. The van der Waals surface area contributed by atoms with E-state index in [4.69, 9.17) is 23.2 Å². The topological polar surface area (TPSA) is 0 Å². The van der Waals surface area contributed by atoms with Crippen LogP contribution in [0.3, 0.4) is 0 Å². The van der Waals surface area contributed by atoms with E-state index >= 15 is 0 Å². The molecule has 0 heterocycles. The molecule has 0 bridgehead atoms. The largest absolute Gasteiger partial charge is 0.133 e. The molecule has 1 aromatic rings. The van der Waals surface area contributed by atoms with Gasteiger partial charge in [0.2, 0.25) is 0 Å². The summed E-state index contributed by atoms with van der Waals surface area (Å²) in [6.45, 7) is 0. The average Bonchev–Trinajstić information content (AvgIpc) is 3.02. The lowest BCUT2D eigenvalue weighted by Gasteiger charge is -2.29. The summed E-state index contributed by atoms with van der Waals surface area (Å²) in [5, 5.41) is 0. The number of hydrogen-bond donors (Lipinski definition) is 0. The van der Waals surface area contributed by atoms with Crippen molar-refractivity contribution in [3.8, 4) is 0 Å². The minimum atomic E-state index is -0.547. The molecule has 3 heteroatoms. The lowest BCUT2D eigenvalue weighted by molar-refractivity contribution is 0.628. The average molecular weight is 287 g/mol. The molecule has 2 saturated carbocycles. The monoisotopic (exact) mass is 286 g/mol. The van der Waals surface area contributed by atoms with Crippen molar-refractivity contribution in [1.29, 1.82) is 0 Å². The van der Waals surface area contributed by atoms with Gasteiger partial charge in [0, 0.05) is 4.90 Å². The molecule has 2 aliphatic carbocycles. The maximum Gasteiger partial charge on any atom is 0.133 e. The molecule has 3 rings (SSSR count). The number of rotatable bonds is 2. The van der Waals surface area contributed by atoms with Crippen LogP contribution < -0.4 is 0 Å². The van der Waals surface area contributed by atoms with Gasteiger partial charge in [-0.15, -0.1) is 35.0 Å². The lowest BCUT2D eigenvalue weighted by atomic mass is 10.1. The number of hydrogen-bond acceptors (Lipinski definition) is 1. The van der Waals surface area contributed by atoms with E-state index in [0.29, 0.717) is 5.92 Å². The van der Waals surface area contributed by atoms with Crippen molar-refractivity contribution in [2.24, 2.45) is 5.92 Å². The van der Waals surface area contributed by atoms with Gasteiger partial charge in [-0.25, -0.2) is 0 Å². The Morgan fingerprint density at radius 1 is 1.12 bits per heavy atom. The molecular formula is C14H16Cl2S. The van der Waals surface area contributed by atoms with Gasteiger partial charge in [0.05, 0.1) is 4.75 Å². The fourth-order valence-corrected chi connectivity index (χ4v) is 5.43. The van der Waals surface area contributed by atoms with Gasteiger partial charge in [-0.1, -0.05) is 31.0 Å². The van der Waals surface area contributed by atoms with Crippen LogP contribution in [-0.2, 0) is 0 Å². The van der Waals surface area contributed by atoms with Crippen molar-refractivity contribution in [3.63, 3.8) is 0 Å². The molecular weight excluding hydrogens is 271 g/mol. The van der Waals surface area contributed by atoms with E-state index in [9.17, 15) is 0 Å². The summed E-state index contributed by atoms with van der Waals surface area (Å²) >= 11 is 15.1. The van der Waals surface area contributed by atoms with E-state index in [1.54, 1.807) is 0 Å². The van der Waals surface area contributed by atoms with E-state index in [2.05, 4.69) is 24.3 Å². The maximum atomic E-state index is 6.62. The molecule has 2 atom stereocenters. The molecule has 2 aliphatic rings. The summed E-state index contributed by atoms with van der Waals surface area (Å²) < 4.78 is -0.470. The summed E-state index contributed by atoms with van der Waals surface area (Å²) in [6, 6.07) is 10.5. The molecule has 2 fully saturated rings. The third kappa shape index (κ3) is 2.11. The van der Waals surface area contributed by atoms with Crippen molar-refractivity contribution >= 4 is 35.0 Å². The van der Waals surface area contributed by atoms with Gasteiger partial charge in [0.1, 0.15) is 4.33 Å². The molecule has 2 unspecified atom stereocenters. The summed E-state index contributed by atoms with van der Waals surface area (Å²) in [7, 11) is 0. The number of benzene rings is 1. The Morgan fingerprint density at radius 2 is 1.88 bits per heavy atom. The Morgan fingerprint density at radius 3 is 2.65 bits per heavy atom.